The molecule has 0 heterocycles. The molecule has 2 aliphatic carbocycles. The molecule has 110 valence electrons. The lowest BCUT2D eigenvalue weighted by atomic mass is 9.94. The molecule has 0 amide bonds. The van der Waals surface area contributed by atoms with Crippen molar-refractivity contribution in [2.75, 3.05) is 0 Å². The molecule has 2 aromatic carbocycles. The summed E-state index contributed by atoms with van der Waals surface area (Å²) in [5, 5.41) is 4.44. The van der Waals surface area contributed by atoms with E-state index in [9.17, 15) is 8.42 Å². The third-order valence-corrected chi connectivity index (χ3v) is 4.37. The summed E-state index contributed by atoms with van der Waals surface area (Å²) in [6.07, 6.45) is 10.1. The first-order chi connectivity index (χ1) is 10.5. The monoisotopic (exact) mass is 312 g/mol. The lowest BCUT2D eigenvalue weighted by molar-refractivity contribution is 0.343. The minimum absolute atomic E-state index is 0.142. The predicted molar refractivity (Wildman–Crippen MR) is 85.6 cm³/mol. The maximum atomic E-state index is 10.8. The Morgan fingerprint density at radius 2 is 1.82 bits per heavy atom. The molecule has 0 atom stereocenters. The average molecular weight is 312 g/mol. The van der Waals surface area contributed by atoms with Crippen molar-refractivity contribution < 1.29 is 17.2 Å². The van der Waals surface area contributed by atoms with Gasteiger partial charge in [0.25, 0.3) is 0 Å². The molecule has 2 aromatic rings. The molecule has 0 fully saturated rings. The van der Waals surface area contributed by atoms with Gasteiger partial charge in [-0.3, -0.25) is 4.55 Å². The minimum Gasteiger partial charge on any atom is -0.362 e. The lowest BCUT2D eigenvalue weighted by Crippen LogP contribution is -2.16. The summed E-state index contributed by atoms with van der Waals surface area (Å²) in [5.41, 5.74) is 2.34. The van der Waals surface area contributed by atoms with Gasteiger partial charge in [0, 0.05) is 0 Å². The van der Waals surface area contributed by atoms with Crippen LogP contribution in [0.15, 0.2) is 42.2 Å². The largest absolute Gasteiger partial charge is 0.446 e. The summed E-state index contributed by atoms with van der Waals surface area (Å²) >= 11 is 0. The summed E-state index contributed by atoms with van der Waals surface area (Å²) in [6, 6.07) is 8.16. The van der Waals surface area contributed by atoms with E-state index in [1.54, 1.807) is 12.2 Å². The van der Waals surface area contributed by atoms with E-state index >= 15 is 0 Å². The van der Waals surface area contributed by atoms with Gasteiger partial charge < -0.3 is 4.18 Å². The van der Waals surface area contributed by atoms with E-state index in [0.29, 0.717) is 6.42 Å². The summed E-state index contributed by atoms with van der Waals surface area (Å²) in [4.78, 5) is 0. The quantitative estimate of drug-likeness (QED) is 0.857. The van der Waals surface area contributed by atoms with Gasteiger partial charge in [-0.2, -0.15) is 8.42 Å². The topological polar surface area (TPSA) is 63.6 Å². The molecule has 2 aliphatic rings. The Bertz CT molecular complexity index is 1090. The van der Waals surface area contributed by atoms with Gasteiger partial charge in [0.05, 0.1) is 0 Å². The number of fused-ring (bicyclic) bond motifs is 5. The van der Waals surface area contributed by atoms with Crippen LogP contribution in [0.4, 0.5) is 0 Å². The average Bonchev–Trinajstić information content (AvgIpc) is 2.93. The Labute approximate surface area is 127 Å². The smallest absolute Gasteiger partial charge is 0.362 e. The van der Waals surface area contributed by atoms with Crippen molar-refractivity contribution in [3.63, 3.8) is 0 Å². The van der Waals surface area contributed by atoms with E-state index in [4.69, 9.17) is 4.55 Å². The zero-order valence-corrected chi connectivity index (χ0v) is 12.3. The van der Waals surface area contributed by atoms with Gasteiger partial charge in [0.1, 0.15) is 5.76 Å². The first-order valence-corrected chi connectivity index (χ1v) is 8.20. The highest BCUT2D eigenvalue weighted by molar-refractivity contribution is 7.81. The van der Waals surface area contributed by atoms with E-state index in [-0.39, 0.29) is 5.76 Å². The van der Waals surface area contributed by atoms with E-state index in [0.717, 1.165) is 16.2 Å². The maximum Gasteiger partial charge on any atom is 0.446 e. The van der Waals surface area contributed by atoms with Crippen molar-refractivity contribution in [2.24, 2.45) is 0 Å². The molecule has 0 spiro atoms. The summed E-state index contributed by atoms with van der Waals surface area (Å²) in [6.45, 7) is 0. The van der Waals surface area contributed by atoms with Crippen LogP contribution >= 0.6 is 0 Å². The molecule has 0 radical (unpaired) electrons. The number of hydrogen-bond acceptors (Lipinski definition) is 3. The van der Waals surface area contributed by atoms with Gasteiger partial charge in [-0.1, -0.05) is 42.5 Å². The fourth-order valence-corrected chi connectivity index (χ4v) is 3.42. The maximum absolute atomic E-state index is 10.8. The van der Waals surface area contributed by atoms with Gasteiger partial charge in [-0.15, -0.1) is 0 Å². The molecule has 0 aromatic heterocycles. The van der Waals surface area contributed by atoms with Gasteiger partial charge in [-0.25, -0.2) is 0 Å². The van der Waals surface area contributed by atoms with Crippen LogP contribution in [0.2, 0.25) is 0 Å². The van der Waals surface area contributed by atoms with Gasteiger partial charge in [0.15, 0.2) is 0 Å². The minimum atomic E-state index is -4.49. The van der Waals surface area contributed by atoms with Crippen LogP contribution in [0.1, 0.15) is 11.1 Å². The Balaban J connectivity index is 1.92. The second-order valence-corrected chi connectivity index (χ2v) is 6.31. The first-order valence-electron chi connectivity index (χ1n) is 6.83. The SMILES string of the molecule is O=S(=O)(O)OC1=CCc2c(ccc3c4c(ccc23)=CC=C4)=C1. The number of allylic oxidation sites excluding steroid dienone is 3. The molecular formula is C17H12O4S. The van der Waals surface area contributed by atoms with Crippen LogP contribution in [-0.4, -0.2) is 13.0 Å². The molecule has 0 unspecified atom stereocenters. The van der Waals surface area contributed by atoms with Crippen LogP contribution < -0.4 is 10.4 Å². The predicted octanol–water partition coefficient (Wildman–Crippen LogP) is 1.69. The highest BCUT2D eigenvalue weighted by atomic mass is 32.3. The summed E-state index contributed by atoms with van der Waals surface area (Å²) < 4.78 is 34.9. The number of rotatable bonds is 2. The zero-order chi connectivity index (χ0) is 15.3. The standard InChI is InChI=1S/C17H12O4S/c18-22(19,20)21-13-6-9-15-12(10-13)5-8-16-14-3-1-2-11(14)4-7-17(15)16/h1-8,10H,9H2,(H,18,19,20). The lowest BCUT2D eigenvalue weighted by Gasteiger charge is -2.13. The van der Waals surface area contributed by atoms with Crippen molar-refractivity contribution in [3.8, 4) is 0 Å². The Morgan fingerprint density at radius 3 is 2.64 bits per heavy atom. The van der Waals surface area contributed by atoms with Crippen molar-refractivity contribution >= 4 is 39.4 Å². The number of hydrogen-bond donors (Lipinski definition) is 1. The molecule has 1 N–H and O–H groups in total. The highest BCUT2D eigenvalue weighted by Gasteiger charge is 2.14. The molecular weight excluding hydrogens is 300 g/mol. The van der Waals surface area contributed by atoms with Gasteiger partial charge in [-0.05, 0) is 50.9 Å². The van der Waals surface area contributed by atoms with Gasteiger partial charge >= 0.3 is 10.4 Å². The normalized spacial score (nSPS) is 15.6. The Kier molecular flexibility index (Phi) is 2.76. The van der Waals surface area contributed by atoms with E-state index in [1.165, 1.54) is 16.2 Å². The van der Waals surface area contributed by atoms with Crippen LogP contribution in [0, 0.1) is 0 Å². The fourth-order valence-electron chi connectivity index (χ4n) is 3.06. The summed E-state index contributed by atoms with van der Waals surface area (Å²) in [5.74, 6) is 0.142. The third-order valence-electron chi connectivity index (χ3n) is 3.97. The van der Waals surface area contributed by atoms with E-state index in [1.807, 2.05) is 18.2 Å². The summed E-state index contributed by atoms with van der Waals surface area (Å²) in [7, 11) is -4.49. The Hall–Kier alpha value is -2.37. The van der Waals surface area contributed by atoms with Crippen molar-refractivity contribution in [2.45, 2.75) is 6.42 Å². The van der Waals surface area contributed by atoms with Crippen LogP contribution in [0.3, 0.4) is 0 Å². The molecule has 22 heavy (non-hydrogen) atoms. The number of benzene rings is 2. The molecule has 5 heteroatoms. The van der Waals surface area contributed by atoms with Crippen LogP contribution in [0.5, 0.6) is 0 Å². The second kappa shape index (κ2) is 4.56. The first kappa shape index (κ1) is 13.3. The van der Waals surface area contributed by atoms with E-state index in [2.05, 4.69) is 28.5 Å². The molecule has 0 bridgehead atoms. The highest BCUT2D eigenvalue weighted by Crippen LogP contribution is 2.23. The zero-order valence-electron chi connectivity index (χ0n) is 11.5. The molecule has 4 rings (SSSR count). The molecule has 0 saturated heterocycles. The fraction of sp³-hybridized carbons (Fsp3) is 0.0588. The van der Waals surface area contributed by atoms with Crippen molar-refractivity contribution in [1.29, 1.82) is 0 Å². The van der Waals surface area contributed by atoms with E-state index < -0.39 is 10.4 Å². The molecule has 4 nitrogen and oxygen atoms in total. The van der Waals surface area contributed by atoms with Gasteiger partial charge in [0.2, 0.25) is 0 Å². The van der Waals surface area contributed by atoms with Crippen molar-refractivity contribution in [3.05, 3.63) is 63.7 Å². The molecule has 0 aliphatic heterocycles. The Morgan fingerprint density at radius 1 is 1.05 bits per heavy atom. The third kappa shape index (κ3) is 2.15. The van der Waals surface area contributed by atoms with Crippen LogP contribution in [0.25, 0.3) is 29.0 Å². The van der Waals surface area contributed by atoms with Crippen LogP contribution in [-0.2, 0) is 21.0 Å². The second-order valence-electron chi connectivity index (χ2n) is 5.29. The molecule has 0 saturated carbocycles. The van der Waals surface area contributed by atoms with Crippen molar-refractivity contribution in [1.82, 2.24) is 0 Å².